The van der Waals surface area contributed by atoms with E-state index in [1.54, 1.807) is 7.11 Å². The lowest BCUT2D eigenvalue weighted by atomic mass is 9.86. The molecule has 0 atom stereocenters. The van der Waals surface area contributed by atoms with Crippen molar-refractivity contribution in [2.45, 2.75) is 19.3 Å². The van der Waals surface area contributed by atoms with Crippen LogP contribution >= 0.6 is 15.9 Å². The number of benzene rings is 1. The fourth-order valence-corrected chi connectivity index (χ4v) is 2.24. The SMILES string of the molecule is COc1cc2c(cc1Br)C(C)(C)C(=O)N2. The van der Waals surface area contributed by atoms with Crippen molar-refractivity contribution in [3.05, 3.63) is 22.2 Å². The first-order valence-electron chi connectivity index (χ1n) is 4.66. The van der Waals surface area contributed by atoms with Crippen LogP contribution in [0.25, 0.3) is 0 Å². The van der Waals surface area contributed by atoms with E-state index in [-0.39, 0.29) is 5.91 Å². The van der Waals surface area contributed by atoms with Crippen molar-refractivity contribution in [2.75, 3.05) is 12.4 Å². The van der Waals surface area contributed by atoms with Crippen LogP contribution < -0.4 is 10.1 Å². The highest BCUT2D eigenvalue weighted by molar-refractivity contribution is 9.10. The second-order valence-electron chi connectivity index (χ2n) is 4.11. The van der Waals surface area contributed by atoms with Gasteiger partial charge >= 0.3 is 0 Å². The van der Waals surface area contributed by atoms with E-state index in [0.717, 1.165) is 21.5 Å². The molecule has 1 N–H and O–H groups in total. The molecule has 15 heavy (non-hydrogen) atoms. The van der Waals surface area contributed by atoms with Crippen LogP contribution in [0, 0.1) is 0 Å². The molecule has 80 valence electrons. The fourth-order valence-electron chi connectivity index (χ4n) is 1.73. The van der Waals surface area contributed by atoms with Crippen LogP contribution in [-0.4, -0.2) is 13.0 Å². The molecule has 3 nitrogen and oxygen atoms in total. The Balaban J connectivity index is 2.61. The Morgan fingerprint density at radius 1 is 1.40 bits per heavy atom. The Hall–Kier alpha value is -1.03. The van der Waals surface area contributed by atoms with Crippen LogP contribution in [0.1, 0.15) is 19.4 Å². The molecule has 0 spiro atoms. The zero-order valence-electron chi connectivity index (χ0n) is 8.85. The maximum Gasteiger partial charge on any atom is 0.234 e. The number of ether oxygens (including phenoxy) is 1. The van der Waals surface area contributed by atoms with Gasteiger partial charge in [-0.2, -0.15) is 0 Å². The molecule has 1 aromatic carbocycles. The molecule has 0 saturated heterocycles. The van der Waals surface area contributed by atoms with Gasteiger partial charge in [-0.3, -0.25) is 4.79 Å². The second-order valence-corrected chi connectivity index (χ2v) is 4.97. The summed E-state index contributed by atoms with van der Waals surface area (Å²) in [5.41, 5.74) is 1.37. The van der Waals surface area contributed by atoms with Crippen LogP contribution in [0.4, 0.5) is 5.69 Å². The number of amides is 1. The Bertz CT molecular complexity index is 440. The van der Waals surface area contributed by atoms with Gasteiger partial charge < -0.3 is 10.1 Å². The van der Waals surface area contributed by atoms with Crippen molar-refractivity contribution >= 4 is 27.5 Å². The predicted octanol–water partition coefficient (Wildman–Crippen LogP) is 2.69. The lowest BCUT2D eigenvalue weighted by Crippen LogP contribution is -2.26. The highest BCUT2D eigenvalue weighted by Crippen LogP contribution is 2.42. The lowest BCUT2D eigenvalue weighted by molar-refractivity contribution is -0.119. The summed E-state index contributed by atoms with van der Waals surface area (Å²) in [5, 5.41) is 2.85. The maximum atomic E-state index is 11.7. The fraction of sp³-hybridized carbons (Fsp3) is 0.364. The van der Waals surface area contributed by atoms with Crippen molar-refractivity contribution in [2.24, 2.45) is 0 Å². The van der Waals surface area contributed by atoms with Gasteiger partial charge in [-0.25, -0.2) is 0 Å². The van der Waals surface area contributed by atoms with E-state index in [1.807, 2.05) is 26.0 Å². The zero-order valence-corrected chi connectivity index (χ0v) is 10.4. The number of hydrogen-bond donors (Lipinski definition) is 1. The largest absolute Gasteiger partial charge is 0.495 e. The minimum absolute atomic E-state index is 0.0256. The molecule has 0 aromatic heterocycles. The van der Waals surface area contributed by atoms with E-state index in [1.165, 1.54) is 0 Å². The summed E-state index contributed by atoms with van der Waals surface area (Å²) in [6.45, 7) is 3.82. The van der Waals surface area contributed by atoms with Crippen LogP contribution in [0.15, 0.2) is 16.6 Å². The summed E-state index contributed by atoms with van der Waals surface area (Å²) < 4.78 is 6.04. The first-order valence-corrected chi connectivity index (χ1v) is 5.45. The van der Waals surface area contributed by atoms with Gasteiger partial charge in [-0.05, 0) is 41.4 Å². The maximum absolute atomic E-state index is 11.7. The van der Waals surface area contributed by atoms with E-state index < -0.39 is 5.41 Å². The summed E-state index contributed by atoms with van der Waals surface area (Å²) in [6.07, 6.45) is 0. The number of rotatable bonds is 1. The van der Waals surface area contributed by atoms with Crippen molar-refractivity contribution in [1.29, 1.82) is 0 Å². The second kappa shape index (κ2) is 3.23. The number of fused-ring (bicyclic) bond motifs is 1. The predicted molar refractivity (Wildman–Crippen MR) is 62.3 cm³/mol. The van der Waals surface area contributed by atoms with Crippen molar-refractivity contribution < 1.29 is 9.53 Å². The third-order valence-electron chi connectivity index (χ3n) is 2.78. The van der Waals surface area contributed by atoms with E-state index in [4.69, 9.17) is 4.74 Å². The van der Waals surface area contributed by atoms with Crippen LogP contribution in [0.2, 0.25) is 0 Å². The van der Waals surface area contributed by atoms with Crippen LogP contribution in [0.5, 0.6) is 5.75 Å². The molecule has 1 aromatic rings. The molecule has 0 saturated carbocycles. The number of nitrogens with one attached hydrogen (secondary N) is 1. The minimum Gasteiger partial charge on any atom is -0.495 e. The first kappa shape index (κ1) is 10.5. The molecular formula is C11H12BrNO2. The van der Waals surface area contributed by atoms with Gasteiger partial charge in [0.05, 0.1) is 17.0 Å². The van der Waals surface area contributed by atoms with Gasteiger partial charge in [0.2, 0.25) is 5.91 Å². The van der Waals surface area contributed by atoms with Gasteiger partial charge in [0, 0.05) is 11.8 Å². The molecule has 0 fully saturated rings. The Morgan fingerprint density at radius 2 is 2.07 bits per heavy atom. The van der Waals surface area contributed by atoms with E-state index in [0.29, 0.717) is 0 Å². The molecule has 0 unspecified atom stereocenters. The molecule has 0 aliphatic carbocycles. The molecule has 0 bridgehead atoms. The summed E-state index contributed by atoms with van der Waals surface area (Å²) in [6, 6.07) is 3.78. The quantitative estimate of drug-likeness (QED) is 0.852. The topological polar surface area (TPSA) is 38.3 Å². The highest BCUT2D eigenvalue weighted by atomic mass is 79.9. The van der Waals surface area contributed by atoms with Gasteiger partial charge in [-0.15, -0.1) is 0 Å². The standard InChI is InChI=1S/C11H12BrNO2/c1-11(2)6-4-7(12)9(15-3)5-8(6)13-10(11)14/h4-5H,1-3H3,(H,13,14). The Kier molecular flexibility index (Phi) is 2.26. The molecule has 0 radical (unpaired) electrons. The van der Waals surface area contributed by atoms with Crippen molar-refractivity contribution in [3.8, 4) is 5.75 Å². The number of carbonyl (C=O) groups excluding carboxylic acids is 1. The summed E-state index contributed by atoms with van der Waals surface area (Å²) >= 11 is 3.42. The number of anilines is 1. The molecule has 1 amide bonds. The summed E-state index contributed by atoms with van der Waals surface area (Å²) in [4.78, 5) is 11.7. The number of hydrogen-bond acceptors (Lipinski definition) is 2. The van der Waals surface area contributed by atoms with Gasteiger partial charge in [0.15, 0.2) is 0 Å². The average Bonchev–Trinajstić information content (AvgIpc) is 2.39. The molecular weight excluding hydrogens is 258 g/mol. The third-order valence-corrected chi connectivity index (χ3v) is 3.40. The highest BCUT2D eigenvalue weighted by Gasteiger charge is 2.38. The Labute approximate surface area is 96.9 Å². The van der Waals surface area contributed by atoms with Crippen LogP contribution in [0.3, 0.4) is 0 Å². The summed E-state index contributed by atoms with van der Waals surface area (Å²) in [5.74, 6) is 0.754. The number of halogens is 1. The zero-order chi connectivity index (χ0) is 11.2. The van der Waals surface area contributed by atoms with Gasteiger partial charge in [0.25, 0.3) is 0 Å². The molecule has 2 rings (SSSR count). The third kappa shape index (κ3) is 1.44. The minimum atomic E-state index is -0.468. The van der Waals surface area contributed by atoms with Gasteiger partial charge in [-0.1, -0.05) is 0 Å². The first-order chi connectivity index (χ1) is 6.96. The van der Waals surface area contributed by atoms with E-state index in [9.17, 15) is 4.79 Å². The van der Waals surface area contributed by atoms with Crippen molar-refractivity contribution in [3.63, 3.8) is 0 Å². The van der Waals surface area contributed by atoms with E-state index in [2.05, 4.69) is 21.2 Å². The van der Waals surface area contributed by atoms with Crippen molar-refractivity contribution in [1.82, 2.24) is 0 Å². The number of carbonyl (C=O) groups is 1. The van der Waals surface area contributed by atoms with Crippen LogP contribution in [-0.2, 0) is 10.2 Å². The average molecular weight is 270 g/mol. The molecule has 1 heterocycles. The van der Waals surface area contributed by atoms with E-state index >= 15 is 0 Å². The number of methoxy groups -OCH3 is 1. The normalized spacial score (nSPS) is 17.2. The lowest BCUT2D eigenvalue weighted by Gasteiger charge is -2.15. The smallest absolute Gasteiger partial charge is 0.234 e. The van der Waals surface area contributed by atoms with Gasteiger partial charge in [0.1, 0.15) is 5.75 Å². The molecule has 1 aliphatic heterocycles. The molecule has 4 heteroatoms. The summed E-state index contributed by atoms with van der Waals surface area (Å²) in [7, 11) is 1.61. The molecule has 1 aliphatic rings. The Morgan fingerprint density at radius 3 is 2.67 bits per heavy atom. The monoisotopic (exact) mass is 269 g/mol.